The predicted octanol–water partition coefficient (Wildman–Crippen LogP) is 1.82. The molecule has 2 N–H and O–H groups in total. The number of H-pyrrole nitrogens is 1. The van der Waals surface area contributed by atoms with Crippen LogP contribution >= 0.6 is 0 Å². The summed E-state index contributed by atoms with van der Waals surface area (Å²) in [6.45, 7) is 3.23. The Morgan fingerprint density at radius 3 is 2.74 bits per heavy atom. The van der Waals surface area contributed by atoms with Gasteiger partial charge in [0.2, 0.25) is 0 Å². The van der Waals surface area contributed by atoms with Crippen molar-refractivity contribution in [1.29, 1.82) is 0 Å². The summed E-state index contributed by atoms with van der Waals surface area (Å²) in [4.78, 5) is 43.2. The third-order valence-corrected chi connectivity index (χ3v) is 4.63. The fraction of sp³-hybridized carbons (Fsp3) is 0.263. The summed E-state index contributed by atoms with van der Waals surface area (Å²) < 4.78 is 1.22. The van der Waals surface area contributed by atoms with Crippen molar-refractivity contribution in [2.75, 3.05) is 18.4 Å². The molecule has 2 amide bonds. The average Bonchev–Trinajstić information content (AvgIpc) is 3.31. The van der Waals surface area contributed by atoms with Crippen LogP contribution in [0.4, 0.5) is 5.69 Å². The molecule has 1 aliphatic rings. The Hall–Kier alpha value is -3.42. The van der Waals surface area contributed by atoms with E-state index in [-0.39, 0.29) is 22.7 Å². The number of likely N-dealkylation sites (tertiary alicyclic amines) is 1. The summed E-state index contributed by atoms with van der Waals surface area (Å²) in [5.41, 5.74) is 1.83. The molecule has 8 nitrogen and oxygen atoms in total. The zero-order chi connectivity index (χ0) is 19.0. The third kappa shape index (κ3) is 3.21. The molecule has 0 bridgehead atoms. The highest BCUT2D eigenvalue weighted by Gasteiger charge is 2.20. The minimum atomic E-state index is -0.406. The molecule has 138 valence electrons. The summed E-state index contributed by atoms with van der Waals surface area (Å²) in [6.07, 6.45) is 3.49. The van der Waals surface area contributed by atoms with E-state index in [1.807, 2.05) is 4.90 Å². The number of nitrogens with zero attached hydrogens (tertiary/aromatic N) is 3. The second-order valence-corrected chi connectivity index (χ2v) is 6.62. The van der Waals surface area contributed by atoms with Crippen molar-refractivity contribution in [3.8, 4) is 0 Å². The van der Waals surface area contributed by atoms with Gasteiger partial charge in [-0.3, -0.25) is 19.5 Å². The third-order valence-electron chi connectivity index (χ3n) is 4.63. The molecule has 0 unspecified atom stereocenters. The Balaban J connectivity index is 1.59. The fourth-order valence-corrected chi connectivity index (χ4v) is 3.29. The molecule has 0 aliphatic carbocycles. The molecule has 0 spiro atoms. The molecule has 1 saturated heterocycles. The van der Waals surface area contributed by atoms with Crippen molar-refractivity contribution in [2.45, 2.75) is 19.8 Å². The first kappa shape index (κ1) is 17.0. The van der Waals surface area contributed by atoms with E-state index in [9.17, 15) is 14.4 Å². The van der Waals surface area contributed by atoms with Gasteiger partial charge in [0, 0.05) is 42.3 Å². The molecule has 1 fully saturated rings. The maximum Gasteiger partial charge on any atom is 0.272 e. The summed E-state index contributed by atoms with van der Waals surface area (Å²) in [5.74, 6) is -0.434. The van der Waals surface area contributed by atoms with Gasteiger partial charge in [0.25, 0.3) is 17.4 Å². The molecule has 3 aromatic rings. The number of fused-ring (bicyclic) bond motifs is 1. The van der Waals surface area contributed by atoms with Gasteiger partial charge in [-0.15, -0.1) is 0 Å². The molecule has 1 aliphatic heterocycles. The first-order chi connectivity index (χ1) is 13.0. The lowest BCUT2D eigenvalue weighted by atomic mass is 10.1. The number of rotatable bonds is 3. The van der Waals surface area contributed by atoms with Crippen LogP contribution in [-0.2, 0) is 0 Å². The van der Waals surface area contributed by atoms with Gasteiger partial charge in [-0.1, -0.05) is 6.07 Å². The number of nitrogens with one attached hydrogen (secondary N) is 2. The number of benzene rings is 1. The van der Waals surface area contributed by atoms with Crippen molar-refractivity contribution in [3.05, 3.63) is 63.7 Å². The lowest BCUT2D eigenvalue weighted by Gasteiger charge is -2.15. The zero-order valence-electron chi connectivity index (χ0n) is 14.9. The molecular weight excluding hydrogens is 346 g/mol. The van der Waals surface area contributed by atoms with Crippen LogP contribution in [0.2, 0.25) is 0 Å². The lowest BCUT2D eigenvalue weighted by molar-refractivity contribution is 0.0792. The molecule has 27 heavy (non-hydrogen) atoms. The van der Waals surface area contributed by atoms with E-state index in [4.69, 9.17) is 0 Å². The number of carbonyl (C=O) groups excluding carboxylic acids is 2. The summed E-state index contributed by atoms with van der Waals surface area (Å²) in [5, 5.41) is 5.51. The molecule has 3 heterocycles. The number of hydrogen-bond acceptors (Lipinski definition) is 4. The number of hydrogen-bond donors (Lipinski definition) is 2. The Morgan fingerprint density at radius 2 is 1.96 bits per heavy atom. The lowest BCUT2D eigenvalue weighted by Crippen LogP contribution is -2.27. The Labute approximate surface area is 154 Å². The maximum absolute atomic E-state index is 12.7. The maximum atomic E-state index is 12.7. The number of aryl methyl sites for hydroxylation is 1. The largest absolute Gasteiger partial charge is 0.339 e. The smallest absolute Gasteiger partial charge is 0.272 e. The van der Waals surface area contributed by atoms with Gasteiger partial charge in [-0.25, -0.2) is 9.50 Å². The molecule has 4 rings (SSSR count). The van der Waals surface area contributed by atoms with Gasteiger partial charge in [-0.05, 0) is 38.0 Å². The first-order valence-corrected chi connectivity index (χ1v) is 8.81. The van der Waals surface area contributed by atoms with Gasteiger partial charge in [0.05, 0.1) is 0 Å². The Bertz CT molecular complexity index is 1090. The van der Waals surface area contributed by atoms with Crippen LogP contribution in [-0.4, -0.2) is 44.4 Å². The van der Waals surface area contributed by atoms with E-state index < -0.39 is 5.91 Å². The van der Waals surface area contributed by atoms with E-state index in [0.29, 0.717) is 16.9 Å². The molecule has 0 saturated carbocycles. The molecule has 0 atom stereocenters. The fourth-order valence-electron chi connectivity index (χ4n) is 3.29. The van der Waals surface area contributed by atoms with Crippen molar-refractivity contribution in [2.24, 2.45) is 0 Å². The standard InChI is InChI=1S/C19H19N5O3/c1-12-9-16(25)24-17(21-12)15(11-20-24)18(26)22-14-6-4-5-13(10-14)19(27)23-7-2-3-8-23/h4-6,9-11,20H,2-3,7-8H2,1H3,(H,22,26). The highest BCUT2D eigenvalue weighted by atomic mass is 16.2. The van der Waals surface area contributed by atoms with Crippen molar-refractivity contribution in [3.63, 3.8) is 0 Å². The molecule has 0 radical (unpaired) electrons. The topological polar surface area (TPSA) is 99.6 Å². The van der Waals surface area contributed by atoms with Crippen LogP contribution in [0.3, 0.4) is 0 Å². The van der Waals surface area contributed by atoms with Crippen molar-refractivity contribution < 1.29 is 9.59 Å². The monoisotopic (exact) mass is 365 g/mol. The molecule has 1 aromatic carbocycles. The second-order valence-electron chi connectivity index (χ2n) is 6.62. The van der Waals surface area contributed by atoms with E-state index in [1.165, 1.54) is 16.8 Å². The Kier molecular flexibility index (Phi) is 4.23. The number of aromatic nitrogens is 3. The van der Waals surface area contributed by atoms with Gasteiger partial charge in [-0.2, -0.15) is 0 Å². The minimum Gasteiger partial charge on any atom is -0.339 e. The van der Waals surface area contributed by atoms with Crippen LogP contribution in [0.5, 0.6) is 0 Å². The number of anilines is 1. The Morgan fingerprint density at radius 1 is 1.19 bits per heavy atom. The molecule has 2 aromatic heterocycles. The normalized spacial score (nSPS) is 13.9. The zero-order valence-corrected chi connectivity index (χ0v) is 14.9. The van der Waals surface area contributed by atoms with E-state index in [2.05, 4.69) is 15.4 Å². The summed E-state index contributed by atoms with van der Waals surface area (Å²) in [6, 6.07) is 8.25. The average molecular weight is 365 g/mol. The first-order valence-electron chi connectivity index (χ1n) is 8.81. The minimum absolute atomic E-state index is 0.0282. The second kappa shape index (κ2) is 6.71. The van der Waals surface area contributed by atoms with Gasteiger partial charge in [0.15, 0.2) is 5.65 Å². The highest BCUT2D eigenvalue weighted by molar-refractivity contribution is 6.08. The van der Waals surface area contributed by atoms with E-state index in [0.717, 1.165) is 25.9 Å². The van der Waals surface area contributed by atoms with Crippen LogP contribution in [0, 0.1) is 6.92 Å². The molecule has 8 heteroatoms. The predicted molar refractivity (Wildman–Crippen MR) is 100 cm³/mol. The SMILES string of the molecule is Cc1cc(=O)n2[nH]cc(C(=O)Nc3cccc(C(=O)N4CCCC4)c3)c2n1. The summed E-state index contributed by atoms with van der Waals surface area (Å²) >= 11 is 0. The highest BCUT2D eigenvalue weighted by Crippen LogP contribution is 2.17. The number of aromatic amines is 1. The quantitative estimate of drug-likeness (QED) is 0.739. The van der Waals surface area contributed by atoms with Crippen molar-refractivity contribution >= 4 is 23.1 Å². The van der Waals surface area contributed by atoms with Crippen LogP contribution in [0.1, 0.15) is 39.3 Å². The number of carbonyl (C=O) groups is 2. The van der Waals surface area contributed by atoms with Crippen LogP contribution < -0.4 is 10.9 Å². The van der Waals surface area contributed by atoms with Crippen LogP contribution in [0.25, 0.3) is 5.65 Å². The van der Waals surface area contributed by atoms with E-state index in [1.54, 1.807) is 31.2 Å². The van der Waals surface area contributed by atoms with Gasteiger partial charge < -0.3 is 10.2 Å². The van der Waals surface area contributed by atoms with E-state index >= 15 is 0 Å². The molecular formula is C19H19N5O3. The van der Waals surface area contributed by atoms with Crippen molar-refractivity contribution in [1.82, 2.24) is 19.5 Å². The number of amides is 2. The van der Waals surface area contributed by atoms with Gasteiger partial charge >= 0.3 is 0 Å². The summed E-state index contributed by atoms with van der Waals surface area (Å²) in [7, 11) is 0. The van der Waals surface area contributed by atoms with Crippen LogP contribution in [0.15, 0.2) is 41.3 Å². The van der Waals surface area contributed by atoms with Gasteiger partial charge in [0.1, 0.15) is 5.56 Å².